The number of carbonyl (C=O) groups excluding carboxylic acids is 2. The fourth-order valence-electron chi connectivity index (χ4n) is 1.38. The third kappa shape index (κ3) is 4.73. The van der Waals surface area contributed by atoms with E-state index in [0.717, 1.165) is 12.1 Å². The van der Waals surface area contributed by atoms with Gasteiger partial charge in [0, 0.05) is 18.0 Å². The highest BCUT2D eigenvalue weighted by Gasteiger charge is 2.30. The molecule has 0 spiro atoms. The molecule has 1 rings (SSSR count). The van der Waals surface area contributed by atoms with Crippen molar-refractivity contribution in [1.29, 1.82) is 0 Å². The molecule has 1 unspecified atom stereocenters. The molecular weight excluding hydrogens is 259 g/mol. The molecule has 0 aliphatic rings. The number of Topliss-reactive ketones (excluding diaryl/α,β-unsaturated/α-hetero) is 1. The summed E-state index contributed by atoms with van der Waals surface area (Å²) in [6, 6.07) is 4.15. The van der Waals surface area contributed by atoms with E-state index in [4.69, 9.17) is 0 Å². The van der Waals surface area contributed by atoms with Gasteiger partial charge < -0.3 is 5.32 Å². The number of ketones is 1. The molecule has 0 radical (unpaired) electrons. The van der Waals surface area contributed by atoms with E-state index in [0.29, 0.717) is 0 Å². The summed E-state index contributed by atoms with van der Waals surface area (Å²) in [7, 11) is 0. The van der Waals surface area contributed by atoms with Gasteiger partial charge in [-0.1, -0.05) is 6.92 Å². The highest BCUT2D eigenvalue weighted by Crippen LogP contribution is 2.29. The van der Waals surface area contributed by atoms with Crippen molar-refractivity contribution >= 4 is 17.4 Å². The molecule has 0 aliphatic carbocycles. The number of halogens is 3. The Morgan fingerprint density at radius 1 is 1.21 bits per heavy atom. The van der Waals surface area contributed by atoms with E-state index in [9.17, 15) is 22.8 Å². The lowest BCUT2D eigenvalue weighted by atomic mass is 10.0. The minimum Gasteiger partial charge on any atom is -0.326 e. The normalized spacial score (nSPS) is 12.9. The molecule has 0 aliphatic heterocycles. The maximum absolute atomic E-state index is 12.3. The van der Waals surface area contributed by atoms with Crippen LogP contribution in [0.1, 0.15) is 25.8 Å². The lowest BCUT2D eigenvalue weighted by Crippen LogP contribution is -2.18. The van der Waals surface area contributed by atoms with Gasteiger partial charge in [-0.2, -0.15) is 13.2 Å². The van der Waals surface area contributed by atoms with E-state index in [1.54, 1.807) is 6.92 Å². The van der Waals surface area contributed by atoms with Crippen molar-refractivity contribution in [3.05, 3.63) is 29.8 Å². The van der Waals surface area contributed by atoms with Gasteiger partial charge in [0.1, 0.15) is 5.78 Å². The first kappa shape index (κ1) is 15.2. The first-order chi connectivity index (χ1) is 8.70. The van der Waals surface area contributed by atoms with Crippen molar-refractivity contribution in [2.75, 3.05) is 5.32 Å². The van der Waals surface area contributed by atoms with Crippen LogP contribution in [-0.4, -0.2) is 11.7 Å². The van der Waals surface area contributed by atoms with Crippen LogP contribution in [0.4, 0.5) is 18.9 Å². The minimum atomic E-state index is -4.40. The lowest BCUT2D eigenvalue weighted by Gasteiger charge is -2.10. The summed E-state index contributed by atoms with van der Waals surface area (Å²) >= 11 is 0. The maximum Gasteiger partial charge on any atom is 0.416 e. The Labute approximate surface area is 108 Å². The molecule has 0 bridgehead atoms. The maximum atomic E-state index is 12.3. The fraction of sp³-hybridized carbons (Fsp3) is 0.385. The predicted molar refractivity (Wildman–Crippen MR) is 64.5 cm³/mol. The molecule has 1 amide bonds. The van der Waals surface area contributed by atoms with Crippen LogP contribution in [0.5, 0.6) is 0 Å². The average Bonchev–Trinajstić information content (AvgIpc) is 2.28. The summed E-state index contributed by atoms with van der Waals surface area (Å²) in [6.45, 7) is 3.00. The number of amides is 1. The SMILES string of the molecule is CC(=O)C(C)CC(=O)Nc1ccc(C(F)(F)F)cc1. The molecule has 1 atom stereocenters. The van der Waals surface area contributed by atoms with Gasteiger partial charge in [-0.25, -0.2) is 0 Å². The van der Waals surface area contributed by atoms with Crippen LogP contribution in [0.25, 0.3) is 0 Å². The summed E-state index contributed by atoms with van der Waals surface area (Å²) in [6.07, 6.45) is -4.39. The topological polar surface area (TPSA) is 46.2 Å². The molecule has 3 nitrogen and oxygen atoms in total. The highest BCUT2D eigenvalue weighted by molar-refractivity contribution is 5.93. The molecule has 0 heterocycles. The van der Waals surface area contributed by atoms with E-state index >= 15 is 0 Å². The van der Waals surface area contributed by atoms with Crippen molar-refractivity contribution in [2.24, 2.45) is 5.92 Å². The Balaban J connectivity index is 2.63. The summed E-state index contributed by atoms with van der Waals surface area (Å²) in [5, 5.41) is 2.45. The van der Waals surface area contributed by atoms with Crippen LogP contribution in [0, 0.1) is 5.92 Å². The Kier molecular flexibility index (Phi) is 4.69. The molecule has 1 aromatic rings. The summed E-state index contributed by atoms with van der Waals surface area (Å²) in [4.78, 5) is 22.5. The Hall–Kier alpha value is -1.85. The Bertz CT molecular complexity index is 466. The highest BCUT2D eigenvalue weighted by atomic mass is 19.4. The summed E-state index contributed by atoms with van der Waals surface area (Å²) in [5.74, 6) is -0.917. The van der Waals surface area contributed by atoms with Crippen molar-refractivity contribution in [2.45, 2.75) is 26.4 Å². The van der Waals surface area contributed by atoms with Crippen molar-refractivity contribution < 1.29 is 22.8 Å². The summed E-state index contributed by atoms with van der Waals surface area (Å²) in [5.41, 5.74) is -0.503. The van der Waals surface area contributed by atoms with E-state index in [-0.39, 0.29) is 17.9 Å². The molecule has 0 saturated heterocycles. The van der Waals surface area contributed by atoms with Crippen LogP contribution in [0.2, 0.25) is 0 Å². The zero-order valence-corrected chi connectivity index (χ0v) is 10.5. The van der Waals surface area contributed by atoms with Gasteiger partial charge in [-0.3, -0.25) is 9.59 Å². The van der Waals surface area contributed by atoms with Gasteiger partial charge in [0.2, 0.25) is 5.91 Å². The van der Waals surface area contributed by atoms with Gasteiger partial charge in [0.05, 0.1) is 5.56 Å². The van der Waals surface area contributed by atoms with Gasteiger partial charge in [0.15, 0.2) is 0 Å². The minimum absolute atomic E-state index is 0.0103. The molecule has 0 aromatic heterocycles. The number of nitrogens with one attached hydrogen (secondary N) is 1. The van der Waals surface area contributed by atoms with Crippen LogP contribution in [0.3, 0.4) is 0 Å². The molecule has 6 heteroatoms. The van der Waals surface area contributed by atoms with Crippen LogP contribution in [-0.2, 0) is 15.8 Å². The second-order valence-electron chi connectivity index (χ2n) is 4.34. The monoisotopic (exact) mass is 273 g/mol. The van der Waals surface area contributed by atoms with Crippen LogP contribution in [0.15, 0.2) is 24.3 Å². The number of anilines is 1. The smallest absolute Gasteiger partial charge is 0.326 e. The Morgan fingerprint density at radius 3 is 2.16 bits per heavy atom. The molecule has 1 aromatic carbocycles. The number of benzene rings is 1. The van der Waals surface area contributed by atoms with Crippen LogP contribution < -0.4 is 5.32 Å². The zero-order valence-electron chi connectivity index (χ0n) is 10.5. The first-order valence-electron chi connectivity index (χ1n) is 5.67. The molecule has 1 N–H and O–H groups in total. The van der Waals surface area contributed by atoms with Gasteiger partial charge in [0.25, 0.3) is 0 Å². The van der Waals surface area contributed by atoms with E-state index in [2.05, 4.69) is 5.32 Å². The largest absolute Gasteiger partial charge is 0.416 e. The van der Waals surface area contributed by atoms with Crippen molar-refractivity contribution in [3.63, 3.8) is 0 Å². The number of alkyl halides is 3. The van der Waals surface area contributed by atoms with E-state index in [1.807, 2.05) is 0 Å². The second-order valence-corrected chi connectivity index (χ2v) is 4.34. The first-order valence-corrected chi connectivity index (χ1v) is 5.67. The Morgan fingerprint density at radius 2 is 1.74 bits per heavy atom. The van der Waals surface area contributed by atoms with Gasteiger partial charge in [-0.15, -0.1) is 0 Å². The number of carbonyl (C=O) groups is 2. The van der Waals surface area contributed by atoms with Crippen molar-refractivity contribution in [1.82, 2.24) is 0 Å². The standard InChI is InChI=1S/C13H14F3NO2/c1-8(9(2)18)7-12(19)17-11-5-3-10(4-6-11)13(14,15)16/h3-6,8H,7H2,1-2H3,(H,17,19). The number of hydrogen-bond donors (Lipinski definition) is 1. The number of rotatable bonds is 4. The second kappa shape index (κ2) is 5.86. The molecule has 0 saturated carbocycles. The molecule has 19 heavy (non-hydrogen) atoms. The predicted octanol–water partition coefficient (Wildman–Crippen LogP) is 3.26. The molecule has 0 fully saturated rings. The fourth-order valence-corrected chi connectivity index (χ4v) is 1.38. The third-order valence-electron chi connectivity index (χ3n) is 2.68. The zero-order chi connectivity index (χ0) is 14.6. The quantitative estimate of drug-likeness (QED) is 0.915. The van der Waals surface area contributed by atoms with Gasteiger partial charge in [-0.05, 0) is 31.2 Å². The molecular formula is C13H14F3NO2. The molecule has 104 valence electrons. The summed E-state index contributed by atoms with van der Waals surface area (Å²) < 4.78 is 37.0. The van der Waals surface area contributed by atoms with Crippen molar-refractivity contribution in [3.8, 4) is 0 Å². The van der Waals surface area contributed by atoms with E-state index in [1.165, 1.54) is 19.1 Å². The third-order valence-corrected chi connectivity index (χ3v) is 2.68. The number of hydrogen-bond acceptors (Lipinski definition) is 2. The average molecular weight is 273 g/mol. The lowest BCUT2D eigenvalue weighted by molar-refractivity contribution is -0.137. The van der Waals surface area contributed by atoms with Gasteiger partial charge >= 0.3 is 6.18 Å². The van der Waals surface area contributed by atoms with Crippen LogP contribution >= 0.6 is 0 Å². The van der Waals surface area contributed by atoms with E-state index < -0.39 is 23.6 Å².